The minimum atomic E-state index is 0.105. The third-order valence-corrected chi connectivity index (χ3v) is 1.65. The Bertz CT molecular complexity index is 125. The van der Waals surface area contributed by atoms with Gasteiger partial charge in [0.2, 0.25) is 0 Å². The third kappa shape index (κ3) is 2.10. The zero-order chi connectivity index (χ0) is 7.40. The Morgan fingerprint density at radius 1 is 1.70 bits per heavy atom. The van der Waals surface area contributed by atoms with Gasteiger partial charge in [-0.2, -0.15) is 0 Å². The van der Waals surface area contributed by atoms with E-state index in [9.17, 15) is 0 Å². The van der Waals surface area contributed by atoms with Gasteiger partial charge in [-0.15, -0.1) is 0 Å². The van der Waals surface area contributed by atoms with Crippen LogP contribution in [0.2, 0.25) is 0 Å². The zero-order valence-electron chi connectivity index (χ0n) is 5.96. The number of hydrogen-bond donors (Lipinski definition) is 3. The number of aliphatic hydroxyl groups excluding tert-OH is 1. The molecule has 0 aliphatic carbocycles. The molecule has 1 aliphatic heterocycles. The molecule has 0 saturated carbocycles. The lowest BCUT2D eigenvalue weighted by Gasteiger charge is -2.11. The van der Waals surface area contributed by atoms with E-state index in [0.29, 0.717) is 0 Å². The Morgan fingerprint density at radius 2 is 2.50 bits per heavy atom. The maximum atomic E-state index is 8.75. The average Bonchev–Trinajstić information content (AvgIpc) is 2.14. The highest BCUT2D eigenvalue weighted by Gasteiger charge is 2.08. The fourth-order valence-electron chi connectivity index (χ4n) is 0.997. The highest BCUT2D eigenvalue weighted by Crippen LogP contribution is 1.97. The fraction of sp³-hybridized carbons (Fsp3) is 0.714. The van der Waals surface area contributed by atoms with Crippen LogP contribution in [0.3, 0.4) is 0 Å². The van der Waals surface area contributed by atoms with E-state index in [1.54, 1.807) is 0 Å². The first-order valence-electron chi connectivity index (χ1n) is 3.59. The zero-order valence-corrected chi connectivity index (χ0v) is 5.96. The van der Waals surface area contributed by atoms with Gasteiger partial charge in [-0.25, -0.2) is 0 Å². The van der Waals surface area contributed by atoms with Crippen molar-refractivity contribution in [1.29, 1.82) is 0 Å². The van der Waals surface area contributed by atoms with Crippen LogP contribution in [0.4, 0.5) is 0 Å². The van der Waals surface area contributed by atoms with Gasteiger partial charge < -0.3 is 16.2 Å². The van der Waals surface area contributed by atoms with Crippen molar-refractivity contribution < 1.29 is 5.11 Å². The Kier molecular flexibility index (Phi) is 2.86. The molecular formula is C7H14N2O. The summed E-state index contributed by atoms with van der Waals surface area (Å²) in [6, 6.07) is 0.307. The van der Waals surface area contributed by atoms with Crippen molar-refractivity contribution in [3.8, 4) is 0 Å². The van der Waals surface area contributed by atoms with Crippen LogP contribution in [0.25, 0.3) is 0 Å². The van der Waals surface area contributed by atoms with Gasteiger partial charge in [-0.3, -0.25) is 0 Å². The first-order chi connectivity index (χ1) is 4.83. The summed E-state index contributed by atoms with van der Waals surface area (Å²) in [5.41, 5.74) is 5.66. The van der Waals surface area contributed by atoms with Crippen molar-refractivity contribution in [2.24, 2.45) is 5.73 Å². The van der Waals surface area contributed by atoms with Crippen LogP contribution in [-0.2, 0) is 0 Å². The molecule has 0 radical (unpaired) electrons. The van der Waals surface area contributed by atoms with Crippen LogP contribution in [0.1, 0.15) is 6.42 Å². The third-order valence-electron chi connectivity index (χ3n) is 1.65. The number of aliphatic hydroxyl groups is 1. The van der Waals surface area contributed by atoms with Crippen LogP contribution in [0.5, 0.6) is 0 Å². The minimum absolute atomic E-state index is 0.105. The van der Waals surface area contributed by atoms with Crippen LogP contribution in [0.15, 0.2) is 12.2 Å². The van der Waals surface area contributed by atoms with Crippen LogP contribution in [-0.4, -0.2) is 30.3 Å². The average molecular weight is 142 g/mol. The van der Waals surface area contributed by atoms with Gasteiger partial charge in [0.05, 0.1) is 6.61 Å². The van der Waals surface area contributed by atoms with Crippen LogP contribution in [0, 0.1) is 0 Å². The number of nitrogens with one attached hydrogen (secondary N) is 1. The summed E-state index contributed by atoms with van der Waals surface area (Å²) >= 11 is 0. The number of hydrogen-bond acceptors (Lipinski definition) is 3. The Hall–Kier alpha value is -0.380. The second kappa shape index (κ2) is 3.71. The molecule has 1 rings (SSSR count). The second-order valence-electron chi connectivity index (χ2n) is 2.62. The van der Waals surface area contributed by atoms with Crippen molar-refractivity contribution in [3.63, 3.8) is 0 Å². The molecule has 0 unspecified atom stereocenters. The molecule has 0 saturated heterocycles. The van der Waals surface area contributed by atoms with Crippen molar-refractivity contribution in [3.05, 3.63) is 12.2 Å². The molecule has 1 heterocycles. The lowest BCUT2D eigenvalue weighted by molar-refractivity contribution is 0.264. The monoisotopic (exact) mass is 142 g/mol. The van der Waals surface area contributed by atoms with Crippen LogP contribution < -0.4 is 11.1 Å². The van der Waals surface area contributed by atoms with Crippen molar-refractivity contribution in [1.82, 2.24) is 5.32 Å². The van der Waals surface area contributed by atoms with E-state index in [1.807, 2.05) is 12.2 Å². The summed E-state index contributed by atoms with van der Waals surface area (Å²) in [6.45, 7) is 0.946. The summed E-state index contributed by atoms with van der Waals surface area (Å²) in [6.07, 6.45) is 4.89. The van der Waals surface area contributed by atoms with Gasteiger partial charge in [-0.1, -0.05) is 12.2 Å². The first kappa shape index (κ1) is 7.72. The number of rotatable bonds is 1. The Morgan fingerprint density at radius 3 is 3.20 bits per heavy atom. The molecule has 0 bridgehead atoms. The molecule has 0 aromatic heterocycles. The molecule has 3 heteroatoms. The molecule has 0 aromatic rings. The molecule has 0 aromatic carbocycles. The summed E-state index contributed by atoms with van der Waals surface area (Å²) in [5, 5.41) is 11.9. The molecule has 58 valence electrons. The van der Waals surface area contributed by atoms with E-state index in [-0.39, 0.29) is 18.7 Å². The normalized spacial score (nSPS) is 33.8. The summed E-state index contributed by atoms with van der Waals surface area (Å²) in [5.74, 6) is 0. The summed E-state index contributed by atoms with van der Waals surface area (Å²) in [4.78, 5) is 0. The molecule has 10 heavy (non-hydrogen) atoms. The van der Waals surface area contributed by atoms with Gasteiger partial charge in [0.15, 0.2) is 0 Å². The molecule has 1 aliphatic rings. The molecule has 3 nitrogen and oxygen atoms in total. The summed E-state index contributed by atoms with van der Waals surface area (Å²) < 4.78 is 0. The first-order valence-corrected chi connectivity index (χ1v) is 3.59. The molecule has 0 spiro atoms. The highest BCUT2D eigenvalue weighted by molar-refractivity contribution is 4.98. The lowest BCUT2D eigenvalue weighted by atomic mass is 10.2. The van der Waals surface area contributed by atoms with Gasteiger partial charge in [-0.05, 0) is 6.42 Å². The number of nitrogens with two attached hydrogens (primary N) is 1. The largest absolute Gasteiger partial charge is 0.394 e. The van der Waals surface area contributed by atoms with Gasteiger partial charge in [0.25, 0.3) is 0 Å². The smallest absolute Gasteiger partial charge is 0.0620 e. The van der Waals surface area contributed by atoms with Crippen molar-refractivity contribution in [2.45, 2.75) is 18.5 Å². The van der Waals surface area contributed by atoms with Crippen molar-refractivity contribution >= 4 is 0 Å². The maximum absolute atomic E-state index is 8.75. The quantitative estimate of drug-likeness (QED) is 0.421. The topological polar surface area (TPSA) is 58.3 Å². The summed E-state index contributed by atoms with van der Waals surface area (Å²) in [7, 11) is 0. The molecule has 4 N–H and O–H groups in total. The molecular weight excluding hydrogens is 128 g/mol. The van der Waals surface area contributed by atoms with E-state index in [2.05, 4.69) is 5.32 Å². The van der Waals surface area contributed by atoms with E-state index in [0.717, 1.165) is 13.0 Å². The van der Waals surface area contributed by atoms with Gasteiger partial charge in [0.1, 0.15) is 0 Å². The predicted octanol–water partition coefficient (Wildman–Crippen LogP) is -0.776. The van der Waals surface area contributed by atoms with Gasteiger partial charge >= 0.3 is 0 Å². The second-order valence-corrected chi connectivity index (χ2v) is 2.62. The molecule has 0 amide bonds. The SMILES string of the molecule is N[C@H]1CC=C[C@H](CO)NC1. The lowest BCUT2D eigenvalue weighted by Crippen LogP contribution is -2.38. The van der Waals surface area contributed by atoms with Crippen LogP contribution >= 0.6 is 0 Å². The Balaban J connectivity index is 2.38. The minimum Gasteiger partial charge on any atom is -0.394 e. The molecule has 0 fully saturated rings. The maximum Gasteiger partial charge on any atom is 0.0620 e. The van der Waals surface area contributed by atoms with E-state index >= 15 is 0 Å². The van der Waals surface area contributed by atoms with Gasteiger partial charge in [0, 0.05) is 18.6 Å². The van der Waals surface area contributed by atoms with E-state index < -0.39 is 0 Å². The van der Waals surface area contributed by atoms with Crippen molar-refractivity contribution in [2.75, 3.05) is 13.2 Å². The molecule has 2 atom stereocenters. The van der Waals surface area contributed by atoms with E-state index in [1.165, 1.54) is 0 Å². The highest BCUT2D eigenvalue weighted by atomic mass is 16.3. The standard InChI is InChI=1S/C7H14N2O/c8-6-2-1-3-7(5-10)9-4-6/h1,3,6-7,9-10H,2,4-5,8H2/t6-,7+/m0/s1. The Labute approximate surface area is 60.9 Å². The predicted molar refractivity (Wildman–Crippen MR) is 40.6 cm³/mol. The fourth-order valence-corrected chi connectivity index (χ4v) is 0.997. The van der Waals surface area contributed by atoms with E-state index in [4.69, 9.17) is 10.8 Å².